The van der Waals surface area contributed by atoms with E-state index in [4.69, 9.17) is 14.7 Å². The highest BCUT2D eigenvalue weighted by Gasteiger charge is 2.36. The Hall–Kier alpha value is -5.80. The first-order chi connectivity index (χ1) is 27.2. The molecule has 3 aliphatic heterocycles. The third-order valence-electron chi connectivity index (χ3n) is 11.5. The van der Waals surface area contributed by atoms with Gasteiger partial charge in [0, 0.05) is 50.4 Å². The third-order valence-corrected chi connectivity index (χ3v) is 11.5. The number of halogens is 1. The smallest absolute Gasteiger partial charge is 0.254 e. The van der Waals surface area contributed by atoms with Crippen molar-refractivity contribution in [3.63, 3.8) is 0 Å². The monoisotopic (exact) mass is 765 g/mol. The summed E-state index contributed by atoms with van der Waals surface area (Å²) in [6, 6.07) is 9.49. The van der Waals surface area contributed by atoms with Crippen LogP contribution in [0.3, 0.4) is 0 Å². The van der Waals surface area contributed by atoms with Gasteiger partial charge >= 0.3 is 0 Å². The number of piperidine rings is 1. The van der Waals surface area contributed by atoms with Gasteiger partial charge < -0.3 is 30.1 Å². The van der Waals surface area contributed by atoms with Crippen molar-refractivity contribution in [1.29, 1.82) is 0 Å². The molecule has 1 saturated carbocycles. The van der Waals surface area contributed by atoms with Gasteiger partial charge in [-0.15, -0.1) is 10.2 Å². The average Bonchev–Trinajstić information content (AvgIpc) is 3.60. The SMILES string of the molecule is CC[C@@H]1c2nnc(C)n2-c2cnc(Nc3ccc(C(=O)N4CCN(c5ccc(NC6CCC(=O)NC6=O)cc5F)CC4)cc3OC)nc2N1CC1CCCCC1. The van der Waals surface area contributed by atoms with Crippen LogP contribution in [0.4, 0.5) is 33.2 Å². The van der Waals surface area contributed by atoms with Crippen molar-refractivity contribution < 1.29 is 23.5 Å². The Bertz CT molecular complexity index is 2130. The number of ether oxygens (including phenoxy) is 1. The lowest BCUT2D eigenvalue weighted by molar-refractivity contribution is -0.133. The van der Waals surface area contributed by atoms with Gasteiger partial charge in [0.2, 0.25) is 17.8 Å². The number of hydrogen-bond donors (Lipinski definition) is 3. The van der Waals surface area contributed by atoms with Crippen LogP contribution >= 0.6 is 0 Å². The maximum atomic E-state index is 15.3. The maximum Gasteiger partial charge on any atom is 0.254 e. The van der Waals surface area contributed by atoms with E-state index in [1.165, 1.54) is 38.2 Å². The molecule has 1 aliphatic carbocycles. The standard InChI is InChI=1S/C40H48FN11O4/c1-4-31-37-48-47-24(2)52(37)33-22-42-40(46-36(33)51(31)23-25-8-6-5-7-9-25)44-29-12-10-26(20-34(29)56-3)39(55)50-18-16-49(17-19-50)32-14-11-27(21-28(32)41)43-30-13-15-35(53)45-38(30)54/h10-12,14,20-22,25,30-31,43H,4-9,13,15-19,23H2,1-3H3,(H,42,44,46)(H,45,53,54)/t30?,31-/m1/s1. The molecule has 3 N–H and O–H groups in total. The molecule has 5 heterocycles. The lowest BCUT2D eigenvalue weighted by Gasteiger charge is -2.39. The minimum absolute atomic E-state index is 0.0452. The van der Waals surface area contributed by atoms with Crippen molar-refractivity contribution in [2.24, 2.45) is 5.92 Å². The molecule has 294 valence electrons. The van der Waals surface area contributed by atoms with E-state index in [2.05, 4.69) is 42.5 Å². The zero-order valence-electron chi connectivity index (χ0n) is 32.1. The van der Waals surface area contributed by atoms with Crippen molar-refractivity contribution in [2.45, 2.75) is 77.3 Å². The maximum absolute atomic E-state index is 15.3. The molecule has 15 nitrogen and oxygen atoms in total. The number of fused-ring (bicyclic) bond motifs is 3. The summed E-state index contributed by atoms with van der Waals surface area (Å²) >= 11 is 0. The van der Waals surface area contributed by atoms with Crippen molar-refractivity contribution in [3.05, 3.63) is 65.6 Å². The van der Waals surface area contributed by atoms with E-state index in [0.29, 0.717) is 72.8 Å². The van der Waals surface area contributed by atoms with E-state index in [9.17, 15) is 14.4 Å². The minimum Gasteiger partial charge on any atom is -0.495 e. The topological polar surface area (TPSA) is 163 Å². The number of imide groups is 1. The van der Waals surface area contributed by atoms with Crippen LogP contribution in [0.15, 0.2) is 42.6 Å². The van der Waals surface area contributed by atoms with Crippen LogP contribution in [0.2, 0.25) is 0 Å². The second-order valence-electron chi connectivity index (χ2n) is 15.1. The fraction of sp³-hybridized carbons (Fsp3) is 0.475. The van der Waals surface area contributed by atoms with Crippen LogP contribution in [0, 0.1) is 18.7 Å². The number of carbonyl (C=O) groups excluding carboxylic acids is 3. The summed E-state index contributed by atoms with van der Waals surface area (Å²) < 4.78 is 23.1. The number of aryl methyl sites for hydroxylation is 1. The lowest BCUT2D eigenvalue weighted by atomic mass is 9.88. The summed E-state index contributed by atoms with van der Waals surface area (Å²) in [5.74, 6) is 2.75. The summed E-state index contributed by atoms with van der Waals surface area (Å²) in [5.41, 5.74) is 2.85. The van der Waals surface area contributed by atoms with Crippen LogP contribution in [0.5, 0.6) is 5.75 Å². The molecule has 3 fully saturated rings. The fourth-order valence-corrected chi connectivity index (χ4v) is 8.51. The van der Waals surface area contributed by atoms with Gasteiger partial charge in [0.05, 0.1) is 30.7 Å². The Morgan fingerprint density at radius 2 is 1.80 bits per heavy atom. The Morgan fingerprint density at radius 3 is 2.54 bits per heavy atom. The Balaban J connectivity index is 0.941. The zero-order valence-corrected chi connectivity index (χ0v) is 32.1. The molecule has 2 aromatic carbocycles. The second-order valence-corrected chi connectivity index (χ2v) is 15.1. The number of amides is 3. The summed E-state index contributed by atoms with van der Waals surface area (Å²) in [6.07, 6.45) is 9.50. The molecular formula is C40H48FN11O4. The molecule has 2 atom stereocenters. The molecule has 8 rings (SSSR count). The number of methoxy groups -OCH3 is 1. The van der Waals surface area contributed by atoms with Gasteiger partial charge in [0.1, 0.15) is 29.1 Å². The quantitative estimate of drug-likeness (QED) is 0.179. The first kappa shape index (κ1) is 37.1. The number of hydrogen-bond acceptors (Lipinski definition) is 12. The summed E-state index contributed by atoms with van der Waals surface area (Å²) in [4.78, 5) is 53.1. The molecule has 16 heteroatoms. The van der Waals surface area contributed by atoms with Gasteiger partial charge in [0.15, 0.2) is 11.6 Å². The van der Waals surface area contributed by atoms with E-state index >= 15 is 4.39 Å². The van der Waals surface area contributed by atoms with Crippen molar-refractivity contribution >= 4 is 46.5 Å². The molecular weight excluding hydrogens is 718 g/mol. The highest BCUT2D eigenvalue weighted by molar-refractivity contribution is 6.01. The number of aromatic nitrogens is 5. The number of nitrogens with one attached hydrogen (secondary N) is 3. The second kappa shape index (κ2) is 15.7. The predicted molar refractivity (Wildman–Crippen MR) is 209 cm³/mol. The van der Waals surface area contributed by atoms with Crippen molar-refractivity contribution in [3.8, 4) is 11.4 Å². The van der Waals surface area contributed by atoms with Crippen molar-refractivity contribution in [2.75, 3.05) is 60.3 Å². The number of benzene rings is 2. The zero-order chi connectivity index (χ0) is 38.9. The van der Waals surface area contributed by atoms with Crippen LogP contribution < -0.4 is 30.5 Å². The largest absolute Gasteiger partial charge is 0.495 e. The summed E-state index contributed by atoms with van der Waals surface area (Å²) in [6.45, 7) is 6.73. The number of rotatable bonds is 10. The number of piperazine rings is 1. The number of anilines is 5. The van der Waals surface area contributed by atoms with E-state index < -0.39 is 17.8 Å². The van der Waals surface area contributed by atoms with Gasteiger partial charge in [0.25, 0.3) is 5.91 Å². The van der Waals surface area contributed by atoms with Crippen molar-refractivity contribution in [1.82, 2.24) is 34.9 Å². The van der Waals surface area contributed by atoms with Gasteiger partial charge in [-0.3, -0.25) is 24.3 Å². The van der Waals surface area contributed by atoms with Crippen LogP contribution in [0.1, 0.15) is 86.3 Å². The Kier molecular flexibility index (Phi) is 10.4. The van der Waals surface area contributed by atoms with Gasteiger partial charge in [-0.25, -0.2) is 9.37 Å². The Morgan fingerprint density at radius 1 is 1.00 bits per heavy atom. The molecule has 4 aliphatic rings. The van der Waals surface area contributed by atoms with E-state index in [1.54, 1.807) is 36.3 Å². The molecule has 2 saturated heterocycles. The van der Waals surface area contributed by atoms with Crippen LogP contribution in [-0.4, -0.2) is 93.2 Å². The highest BCUT2D eigenvalue weighted by Crippen LogP contribution is 2.41. The molecule has 56 heavy (non-hydrogen) atoms. The van der Waals surface area contributed by atoms with Gasteiger partial charge in [-0.1, -0.05) is 26.2 Å². The molecule has 0 bridgehead atoms. The highest BCUT2D eigenvalue weighted by atomic mass is 19.1. The number of carbonyl (C=O) groups is 3. The van der Waals surface area contributed by atoms with Gasteiger partial charge in [-0.2, -0.15) is 4.98 Å². The molecule has 0 radical (unpaired) electrons. The van der Waals surface area contributed by atoms with E-state index in [0.717, 1.165) is 36.1 Å². The molecule has 3 amide bonds. The van der Waals surface area contributed by atoms with E-state index in [1.807, 2.05) is 24.1 Å². The molecule has 4 aromatic rings. The van der Waals surface area contributed by atoms with Gasteiger partial charge in [-0.05, 0) is 74.9 Å². The molecule has 1 unspecified atom stereocenters. The van der Waals surface area contributed by atoms with Crippen LogP contribution in [-0.2, 0) is 9.59 Å². The minimum atomic E-state index is -0.599. The fourth-order valence-electron chi connectivity index (χ4n) is 8.51. The molecule has 0 spiro atoms. The average molecular weight is 766 g/mol. The summed E-state index contributed by atoms with van der Waals surface area (Å²) in [7, 11) is 1.57. The third kappa shape index (κ3) is 7.31. The molecule has 2 aromatic heterocycles. The predicted octanol–water partition coefficient (Wildman–Crippen LogP) is 5.29. The summed E-state index contributed by atoms with van der Waals surface area (Å²) in [5, 5.41) is 17.7. The first-order valence-corrected chi connectivity index (χ1v) is 19.7. The first-order valence-electron chi connectivity index (χ1n) is 19.7. The lowest BCUT2D eigenvalue weighted by Crippen LogP contribution is -2.49. The normalized spacial score (nSPS) is 20.0. The van der Waals surface area contributed by atoms with Crippen LogP contribution in [0.25, 0.3) is 5.69 Å². The van der Waals surface area contributed by atoms with E-state index in [-0.39, 0.29) is 24.3 Å². The Labute approximate surface area is 325 Å². The number of nitrogens with zero attached hydrogens (tertiary/aromatic N) is 8.